The molecule has 0 saturated heterocycles. The number of thioether (sulfide) groups is 2. The largest absolute Gasteiger partial charge is 0.398 e. The van der Waals surface area contributed by atoms with E-state index in [1.54, 1.807) is 42.1 Å². The van der Waals surface area contributed by atoms with E-state index < -0.39 is 5.30 Å². The van der Waals surface area contributed by atoms with Gasteiger partial charge in [0, 0.05) is 72.0 Å². The Kier molecular flexibility index (Phi) is 10.2. The zero-order valence-corrected chi connectivity index (χ0v) is 27.8. The molecule has 0 amide bonds. The van der Waals surface area contributed by atoms with Crippen LogP contribution in [0.4, 0.5) is 4.79 Å². The molecule has 47 heavy (non-hydrogen) atoms. The van der Waals surface area contributed by atoms with Gasteiger partial charge in [-0.05, 0) is 91.5 Å². The lowest BCUT2D eigenvalue weighted by atomic mass is 9.99. The highest BCUT2D eigenvalue weighted by Crippen LogP contribution is 2.32. The van der Waals surface area contributed by atoms with Crippen molar-refractivity contribution in [2.75, 3.05) is 5.75 Å². The Morgan fingerprint density at radius 2 is 1.34 bits per heavy atom. The number of benzene rings is 5. The Morgan fingerprint density at radius 1 is 0.723 bits per heavy atom. The average Bonchev–Trinajstić information content (AvgIpc) is 3.43. The van der Waals surface area contributed by atoms with Gasteiger partial charge in [0.05, 0.1) is 0 Å². The quantitative estimate of drug-likeness (QED) is 0.0447. The van der Waals surface area contributed by atoms with Crippen molar-refractivity contribution in [2.24, 2.45) is 5.16 Å². The zero-order chi connectivity index (χ0) is 32.8. The first kappa shape index (κ1) is 32.3. The number of hydrogen-bond donors (Lipinski definition) is 0. The van der Waals surface area contributed by atoms with Gasteiger partial charge in [0.1, 0.15) is 5.71 Å². The molecule has 0 unspecified atom stereocenters. The van der Waals surface area contributed by atoms with Crippen molar-refractivity contribution in [3.05, 3.63) is 143 Å². The van der Waals surface area contributed by atoms with E-state index >= 15 is 0 Å². The molecular formula is C38H29ClN2O4S2. The summed E-state index contributed by atoms with van der Waals surface area (Å²) in [5.41, 5.74) is 3.64. The Hall–Kier alpha value is -4.63. The van der Waals surface area contributed by atoms with Gasteiger partial charge in [-0.3, -0.25) is 9.59 Å². The molecule has 1 heterocycles. The van der Waals surface area contributed by atoms with E-state index in [-0.39, 0.29) is 23.7 Å². The molecule has 234 valence electrons. The van der Waals surface area contributed by atoms with Crippen LogP contribution in [0.3, 0.4) is 0 Å². The van der Waals surface area contributed by atoms with Crippen LogP contribution in [-0.4, -0.2) is 32.9 Å². The van der Waals surface area contributed by atoms with Crippen molar-refractivity contribution in [3.63, 3.8) is 0 Å². The number of halogens is 1. The van der Waals surface area contributed by atoms with Gasteiger partial charge >= 0.3 is 5.30 Å². The standard InChI is InChI=1S/C38H29ClN2O4S2/c1-2-41-34-19-13-26(36(42)25-9-5-3-6-10-25)23-31(34)32-24-27(14-20-35(32)41)37(43)33(21-22-46-29-17-15-28(39)16-18-29)40-45-38(44)47-30-11-7-4-8-12-30/h3-20,23-24H,2,21-22H2,1H3/b40-33+. The lowest BCUT2D eigenvalue weighted by Crippen LogP contribution is -2.16. The minimum absolute atomic E-state index is 0.0695. The molecule has 6 aromatic rings. The van der Waals surface area contributed by atoms with Crippen LogP contribution in [0.2, 0.25) is 5.02 Å². The smallest absolute Gasteiger partial charge is 0.341 e. The van der Waals surface area contributed by atoms with Gasteiger partial charge in [0.15, 0.2) is 5.78 Å². The van der Waals surface area contributed by atoms with Crippen LogP contribution < -0.4 is 0 Å². The van der Waals surface area contributed by atoms with E-state index in [1.807, 2.05) is 91.0 Å². The maximum atomic E-state index is 14.0. The fourth-order valence-electron chi connectivity index (χ4n) is 5.34. The summed E-state index contributed by atoms with van der Waals surface area (Å²) in [6.07, 6.45) is 0.264. The molecule has 0 aliphatic rings. The molecule has 0 radical (unpaired) electrons. The minimum atomic E-state index is -0.635. The lowest BCUT2D eigenvalue weighted by Gasteiger charge is -2.08. The predicted molar refractivity (Wildman–Crippen MR) is 192 cm³/mol. The van der Waals surface area contributed by atoms with Crippen molar-refractivity contribution >= 4 is 79.5 Å². The van der Waals surface area contributed by atoms with Gasteiger partial charge in [0.2, 0.25) is 5.78 Å². The van der Waals surface area contributed by atoms with Crippen LogP contribution in [-0.2, 0) is 11.4 Å². The molecule has 0 N–H and O–H groups in total. The van der Waals surface area contributed by atoms with Gasteiger partial charge in [-0.25, -0.2) is 4.79 Å². The van der Waals surface area contributed by atoms with Crippen LogP contribution in [0.25, 0.3) is 21.8 Å². The topological polar surface area (TPSA) is 77.7 Å². The first-order valence-corrected chi connectivity index (χ1v) is 17.2. The molecule has 0 atom stereocenters. The van der Waals surface area contributed by atoms with Crippen LogP contribution in [0, 0.1) is 0 Å². The molecule has 1 aromatic heterocycles. The summed E-state index contributed by atoms with van der Waals surface area (Å²) in [5, 5.41) is 5.82. The normalized spacial score (nSPS) is 11.6. The molecule has 6 rings (SSSR count). The summed E-state index contributed by atoms with van der Waals surface area (Å²) >= 11 is 8.48. The summed E-state index contributed by atoms with van der Waals surface area (Å²) in [5.74, 6) is 0.118. The van der Waals surface area contributed by atoms with Gasteiger partial charge in [-0.2, -0.15) is 0 Å². The summed E-state index contributed by atoms with van der Waals surface area (Å²) in [7, 11) is 0. The lowest BCUT2D eigenvalue weighted by molar-refractivity contribution is 0.103. The molecule has 0 fully saturated rings. The second-order valence-corrected chi connectivity index (χ2v) is 13.2. The van der Waals surface area contributed by atoms with E-state index in [0.717, 1.165) is 38.5 Å². The van der Waals surface area contributed by atoms with Crippen molar-refractivity contribution < 1.29 is 19.2 Å². The van der Waals surface area contributed by atoms with Gasteiger partial charge in [-0.1, -0.05) is 65.3 Å². The highest BCUT2D eigenvalue weighted by Gasteiger charge is 2.20. The Bertz CT molecular complexity index is 2110. The molecule has 0 saturated carbocycles. The van der Waals surface area contributed by atoms with Crippen LogP contribution >= 0.6 is 35.1 Å². The Labute approximate surface area is 285 Å². The molecule has 0 bridgehead atoms. The number of nitrogens with zero attached hydrogens (tertiary/aromatic N) is 2. The average molecular weight is 677 g/mol. The van der Waals surface area contributed by atoms with Crippen molar-refractivity contribution in [2.45, 2.75) is 29.7 Å². The van der Waals surface area contributed by atoms with E-state index in [0.29, 0.717) is 38.9 Å². The highest BCUT2D eigenvalue weighted by atomic mass is 35.5. The number of fused-ring (bicyclic) bond motifs is 3. The third-order valence-electron chi connectivity index (χ3n) is 7.60. The summed E-state index contributed by atoms with van der Waals surface area (Å²) < 4.78 is 2.16. The minimum Gasteiger partial charge on any atom is -0.341 e. The van der Waals surface area contributed by atoms with Crippen LogP contribution in [0.1, 0.15) is 39.6 Å². The number of oxime groups is 1. The SMILES string of the molecule is CCn1c2ccc(C(=O)/C(CCSc3ccc(Cl)cc3)=N/OC(=O)Sc3ccccc3)cc2c2cc(C(=O)c3ccccc3)ccc21. The number of carbonyl (C=O) groups is 3. The number of carbonyl (C=O) groups excluding carboxylic acids is 3. The number of aromatic nitrogens is 1. The van der Waals surface area contributed by atoms with Crippen LogP contribution in [0.5, 0.6) is 0 Å². The third kappa shape index (κ3) is 7.52. The van der Waals surface area contributed by atoms with Crippen molar-refractivity contribution in [1.82, 2.24) is 4.57 Å². The number of hydrogen-bond acceptors (Lipinski definition) is 7. The second kappa shape index (κ2) is 14.9. The van der Waals surface area contributed by atoms with Gasteiger partial charge in [0.25, 0.3) is 0 Å². The van der Waals surface area contributed by atoms with E-state index in [1.165, 1.54) is 0 Å². The molecule has 0 aliphatic carbocycles. The Morgan fingerprint density at radius 3 is 2.00 bits per heavy atom. The number of aryl methyl sites for hydroxylation is 1. The van der Waals surface area contributed by atoms with E-state index in [4.69, 9.17) is 16.4 Å². The number of Topliss-reactive ketones (excluding diaryl/α,β-unsaturated/α-hetero) is 1. The maximum absolute atomic E-state index is 14.0. The molecule has 0 spiro atoms. The highest BCUT2D eigenvalue weighted by molar-refractivity contribution is 8.13. The van der Waals surface area contributed by atoms with Crippen molar-refractivity contribution in [1.29, 1.82) is 0 Å². The second-order valence-electron chi connectivity index (χ2n) is 10.6. The molecular weight excluding hydrogens is 648 g/mol. The predicted octanol–water partition coefficient (Wildman–Crippen LogP) is 10.3. The summed E-state index contributed by atoms with van der Waals surface area (Å²) in [6.45, 7) is 2.77. The third-order valence-corrected chi connectivity index (χ3v) is 9.61. The monoisotopic (exact) mass is 676 g/mol. The van der Waals surface area contributed by atoms with E-state index in [9.17, 15) is 14.4 Å². The summed E-state index contributed by atoms with van der Waals surface area (Å²) in [4.78, 5) is 46.9. The van der Waals surface area contributed by atoms with Gasteiger partial charge in [-0.15, -0.1) is 11.8 Å². The first-order valence-electron chi connectivity index (χ1n) is 15.0. The fraction of sp³-hybridized carbons (Fsp3) is 0.105. The molecule has 5 aromatic carbocycles. The maximum Gasteiger partial charge on any atom is 0.398 e. The number of ketones is 2. The summed E-state index contributed by atoms with van der Waals surface area (Å²) in [6, 6.07) is 37.0. The van der Waals surface area contributed by atoms with Crippen molar-refractivity contribution in [3.8, 4) is 0 Å². The van der Waals surface area contributed by atoms with Gasteiger partial charge < -0.3 is 9.40 Å². The van der Waals surface area contributed by atoms with E-state index in [2.05, 4.69) is 16.6 Å². The first-order chi connectivity index (χ1) is 22.9. The van der Waals surface area contributed by atoms with Crippen LogP contribution in [0.15, 0.2) is 136 Å². The zero-order valence-electron chi connectivity index (χ0n) is 25.4. The number of rotatable bonds is 11. The Balaban J connectivity index is 1.32. The molecule has 6 nitrogen and oxygen atoms in total. The fourth-order valence-corrected chi connectivity index (χ4v) is 6.89. The molecule has 0 aliphatic heterocycles. The molecule has 9 heteroatoms.